The van der Waals surface area contributed by atoms with Crippen molar-refractivity contribution in [3.63, 3.8) is 0 Å². The number of hydrogen-bond acceptors (Lipinski definition) is 7. The number of piperidine rings is 1. The lowest BCUT2D eigenvalue weighted by Crippen LogP contribution is -2.37. The molecule has 0 saturated carbocycles. The maximum Gasteiger partial charge on any atom is 0.255 e. The van der Waals surface area contributed by atoms with Crippen LogP contribution in [0.1, 0.15) is 46.4 Å². The summed E-state index contributed by atoms with van der Waals surface area (Å²) in [6, 6.07) is 21.5. The highest BCUT2D eigenvalue weighted by atomic mass is 35.5. The van der Waals surface area contributed by atoms with Gasteiger partial charge in [-0.1, -0.05) is 47.5 Å². The molecular weight excluding hydrogens is 735 g/mol. The van der Waals surface area contributed by atoms with E-state index in [0.29, 0.717) is 38.8 Å². The number of para-hydroxylation sites is 1. The molecule has 0 atom stereocenters. The van der Waals surface area contributed by atoms with Crippen molar-refractivity contribution < 1.29 is 19.1 Å². The second-order valence-electron chi connectivity index (χ2n) is 12.4. The number of nitrogens with zero attached hydrogens (tertiary/aromatic N) is 4. The highest BCUT2D eigenvalue weighted by molar-refractivity contribution is 6.38. The maximum absolute atomic E-state index is 13.1. The summed E-state index contributed by atoms with van der Waals surface area (Å²) in [5, 5.41) is 7.10. The first-order valence-electron chi connectivity index (χ1n) is 17.0. The minimum atomic E-state index is -0.458. The average Bonchev–Trinajstić information content (AvgIpc) is 3.16. The first-order valence-corrected chi connectivity index (χ1v) is 17.7. The van der Waals surface area contributed by atoms with E-state index in [4.69, 9.17) is 32.9 Å². The summed E-state index contributed by atoms with van der Waals surface area (Å²) in [4.78, 5) is 50.7. The van der Waals surface area contributed by atoms with Crippen molar-refractivity contribution in [3.8, 4) is 5.75 Å². The molecule has 0 unspecified atom stereocenters. The summed E-state index contributed by atoms with van der Waals surface area (Å²) >= 11 is 13.4. The number of rotatable bonds is 11. The van der Waals surface area contributed by atoms with Gasteiger partial charge in [0.15, 0.2) is 0 Å². The van der Waals surface area contributed by atoms with Gasteiger partial charge in [0, 0.05) is 77.2 Å². The minimum Gasteiger partial charge on any atom is -0.487 e. The monoisotopic (exact) mass is 772 g/mol. The molecule has 0 radical (unpaired) electrons. The number of aryl methyl sites for hydroxylation is 1. The molecule has 3 heterocycles. The van der Waals surface area contributed by atoms with E-state index in [1.54, 1.807) is 74.0 Å². The van der Waals surface area contributed by atoms with E-state index < -0.39 is 5.91 Å². The first kappa shape index (κ1) is 39.1. The first-order chi connectivity index (χ1) is 25.2. The zero-order valence-electron chi connectivity index (χ0n) is 29.3. The van der Waals surface area contributed by atoms with Gasteiger partial charge in [-0.3, -0.25) is 19.4 Å². The number of nitrogens with one attached hydrogen (secondary N) is 2. The molecule has 6 rings (SSSR count). The number of benzene rings is 3. The standard InChI is InChI=1S/C40H38Cl2N6O4.ClH/c1-26-23-34(48-21-4-3-5-22-48)30-7-6-8-35(39(30)45-26)52-25-31-32(41)14-15-33(38(31)42)47(2)37(50)24-44-36(49)16-11-27-9-12-28(13-10-27)40(51)46-29-17-19-43-20-18-29;/h6-20,23H,3-5,21-22,24-25H2,1-2H3,(H,44,49)(H,43,46,51);1H/b16-11+;. The minimum absolute atomic E-state index is 0. The molecule has 1 aliphatic rings. The molecule has 3 amide bonds. The second kappa shape index (κ2) is 18.1. The fourth-order valence-electron chi connectivity index (χ4n) is 6.00. The van der Waals surface area contributed by atoms with Crippen LogP contribution in [0.5, 0.6) is 5.75 Å². The average molecular weight is 774 g/mol. The van der Waals surface area contributed by atoms with Crippen molar-refractivity contribution in [2.75, 3.05) is 41.8 Å². The Hall–Kier alpha value is -5.16. The molecule has 1 saturated heterocycles. The largest absolute Gasteiger partial charge is 0.487 e. The SMILES string of the molecule is Cc1cc(N2CCCCC2)c2cccc(OCc3c(Cl)ccc(N(C)C(=O)CNC(=O)/C=C/c4ccc(C(=O)Nc5ccncc5)cc4)c3Cl)c2n1.Cl. The third-order valence-corrected chi connectivity index (χ3v) is 9.61. The van der Waals surface area contributed by atoms with Gasteiger partial charge in [0.05, 0.1) is 17.3 Å². The lowest BCUT2D eigenvalue weighted by atomic mass is 10.1. The van der Waals surface area contributed by atoms with Gasteiger partial charge in [-0.25, -0.2) is 4.98 Å². The van der Waals surface area contributed by atoms with Crippen LogP contribution in [0.4, 0.5) is 17.1 Å². The molecule has 274 valence electrons. The van der Waals surface area contributed by atoms with Crippen LogP contribution in [0, 0.1) is 6.92 Å². The number of carbonyl (C=O) groups excluding carboxylic acids is 3. The second-order valence-corrected chi connectivity index (χ2v) is 13.2. The molecule has 1 fully saturated rings. The van der Waals surface area contributed by atoms with E-state index in [0.717, 1.165) is 35.4 Å². The molecule has 0 aliphatic carbocycles. The highest BCUT2D eigenvalue weighted by Gasteiger charge is 2.21. The van der Waals surface area contributed by atoms with Gasteiger partial charge in [-0.2, -0.15) is 0 Å². The van der Waals surface area contributed by atoms with Crippen LogP contribution in [0.2, 0.25) is 10.0 Å². The molecule has 0 spiro atoms. The van der Waals surface area contributed by atoms with Crippen LogP contribution < -0.4 is 25.2 Å². The van der Waals surface area contributed by atoms with Crippen LogP contribution in [-0.2, 0) is 16.2 Å². The Bertz CT molecular complexity index is 2120. The molecule has 2 aromatic heterocycles. The predicted octanol–water partition coefficient (Wildman–Crippen LogP) is 8.28. The number of amides is 3. The number of hydrogen-bond donors (Lipinski definition) is 2. The van der Waals surface area contributed by atoms with Gasteiger partial charge >= 0.3 is 0 Å². The summed E-state index contributed by atoms with van der Waals surface area (Å²) in [5.74, 6) is -0.498. The van der Waals surface area contributed by atoms with Gasteiger partial charge in [-0.15, -0.1) is 12.4 Å². The van der Waals surface area contributed by atoms with Crippen LogP contribution in [-0.4, -0.2) is 54.4 Å². The lowest BCUT2D eigenvalue weighted by Gasteiger charge is -2.30. The predicted molar refractivity (Wildman–Crippen MR) is 215 cm³/mol. The highest BCUT2D eigenvalue weighted by Crippen LogP contribution is 2.37. The smallest absolute Gasteiger partial charge is 0.255 e. The zero-order valence-corrected chi connectivity index (χ0v) is 31.6. The molecule has 1 aliphatic heterocycles. The van der Waals surface area contributed by atoms with Gasteiger partial charge in [0.2, 0.25) is 11.8 Å². The Morgan fingerprint density at radius 1 is 0.962 bits per heavy atom. The number of aromatic nitrogens is 2. The topological polar surface area (TPSA) is 117 Å². The van der Waals surface area contributed by atoms with Gasteiger partial charge < -0.3 is 25.2 Å². The van der Waals surface area contributed by atoms with Gasteiger partial charge in [0.1, 0.15) is 17.9 Å². The lowest BCUT2D eigenvalue weighted by molar-refractivity contribution is -0.122. The fraction of sp³-hybridized carbons (Fsp3) is 0.225. The molecule has 5 aromatic rings. The number of ether oxygens (including phenoxy) is 1. The molecule has 0 bridgehead atoms. The van der Waals surface area contributed by atoms with Gasteiger partial charge in [0.25, 0.3) is 5.91 Å². The Morgan fingerprint density at radius 3 is 2.43 bits per heavy atom. The summed E-state index contributed by atoms with van der Waals surface area (Å²) in [6.45, 7) is 3.80. The van der Waals surface area contributed by atoms with E-state index in [2.05, 4.69) is 32.7 Å². The molecule has 53 heavy (non-hydrogen) atoms. The van der Waals surface area contributed by atoms with Crippen molar-refractivity contribution >= 4 is 87.4 Å². The third kappa shape index (κ3) is 9.64. The Balaban J connectivity index is 0.00000541. The fourth-order valence-corrected chi connectivity index (χ4v) is 6.61. The molecule has 2 N–H and O–H groups in total. The number of anilines is 3. The van der Waals surface area contributed by atoms with Crippen LogP contribution >= 0.6 is 35.6 Å². The van der Waals surface area contributed by atoms with Crippen LogP contribution in [0.25, 0.3) is 17.0 Å². The van der Waals surface area contributed by atoms with E-state index in [-0.39, 0.29) is 42.4 Å². The number of pyridine rings is 2. The summed E-state index contributed by atoms with van der Waals surface area (Å²) < 4.78 is 6.30. The number of fused-ring (bicyclic) bond motifs is 1. The van der Waals surface area contributed by atoms with Crippen LogP contribution in [0.3, 0.4) is 0 Å². The molecular formula is C40H39Cl3N6O4. The molecule has 13 heteroatoms. The van der Waals surface area contributed by atoms with E-state index in [9.17, 15) is 14.4 Å². The summed E-state index contributed by atoms with van der Waals surface area (Å²) in [6.07, 6.45) is 9.68. The maximum atomic E-state index is 13.1. The Labute approximate surface area is 324 Å². The Kier molecular flexibility index (Phi) is 13.3. The van der Waals surface area contributed by atoms with E-state index in [1.807, 2.05) is 19.1 Å². The number of carbonyl (C=O) groups is 3. The van der Waals surface area contributed by atoms with E-state index in [1.165, 1.54) is 30.2 Å². The van der Waals surface area contributed by atoms with Crippen molar-refractivity contribution in [3.05, 3.63) is 124 Å². The van der Waals surface area contributed by atoms with Crippen molar-refractivity contribution in [2.24, 2.45) is 0 Å². The Morgan fingerprint density at radius 2 is 1.70 bits per heavy atom. The molecule has 10 nitrogen and oxygen atoms in total. The normalized spacial score (nSPS) is 12.6. The van der Waals surface area contributed by atoms with Crippen molar-refractivity contribution in [2.45, 2.75) is 32.8 Å². The van der Waals surface area contributed by atoms with Crippen molar-refractivity contribution in [1.29, 1.82) is 0 Å². The third-order valence-electron chi connectivity index (χ3n) is 8.83. The molecule has 3 aromatic carbocycles. The quantitative estimate of drug-likeness (QED) is 0.130. The summed E-state index contributed by atoms with van der Waals surface area (Å²) in [5.41, 5.74) is 5.59. The van der Waals surface area contributed by atoms with Crippen LogP contribution in [0.15, 0.2) is 91.3 Å². The van der Waals surface area contributed by atoms with Gasteiger partial charge in [-0.05, 0) is 86.4 Å². The van der Waals surface area contributed by atoms with E-state index >= 15 is 0 Å². The summed E-state index contributed by atoms with van der Waals surface area (Å²) in [7, 11) is 1.58. The van der Waals surface area contributed by atoms with Crippen molar-refractivity contribution in [1.82, 2.24) is 15.3 Å². The number of likely N-dealkylation sites (N-methyl/N-ethyl adjacent to an activating group) is 1. The zero-order chi connectivity index (χ0) is 36.6. The number of halogens is 3.